The summed E-state index contributed by atoms with van der Waals surface area (Å²) in [7, 11) is -2.03. The molecule has 2 aromatic rings. The van der Waals surface area contributed by atoms with Crippen molar-refractivity contribution < 1.29 is 31.6 Å². The number of hydrogen-bond acceptors (Lipinski definition) is 7. The highest BCUT2D eigenvalue weighted by Gasteiger charge is 2.33. The fourth-order valence-corrected chi connectivity index (χ4v) is 4.11. The van der Waals surface area contributed by atoms with Crippen LogP contribution >= 0.6 is 15.9 Å². The Morgan fingerprint density at radius 3 is 2.11 bits per heavy atom. The van der Waals surface area contributed by atoms with Crippen molar-refractivity contribution in [2.75, 3.05) is 20.0 Å². The monoisotopic (exact) mass is 570 g/mol. The van der Waals surface area contributed by atoms with Crippen molar-refractivity contribution in [2.45, 2.75) is 58.3 Å². The van der Waals surface area contributed by atoms with Gasteiger partial charge in [-0.2, -0.15) is 8.42 Å². The van der Waals surface area contributed by atoms with Gasteiger partial charge < -0.3 is 14.2 Å². The molecule has 2 rings (SSSR count). The molecule has 0 fully saturated rings. The quantitative estimate of drug-likeness (QED) is 0.238. The van der Waals surface area contributed by atoms with Gasteiger partial charge in [0.2, 0.25) is 0 Å². The van der Waals surface area contributed by atoms with E-state index in [1.807, 2.05) is 48.5 Å². The molecule has 35 heavy (non-hydrogen) atoms. The van der Waals surface area contributed by atoms with Gasteiger partial charge in [-0.25, -0.2) is 0 Å². The van der Waals surface area contributed by atoms with Crippen molar-refractivity contribution in [3.8, 4) is 5.75 Å². The number of carbonyl (C=O) groups excluding carboxylic acids is 1. The number of aryl methyl sites for hydroxylation is 1. The molecule has 0 aliphatic heterocycles. The van der Waals surface area contributed by atoms with Crippen LogP contribution in [0.5, 0.6) is 5.75 Å². The van der Waals surface area contributed by atoms with Gasteiger partial charge in [0, 0.05) is 4.47 Å². The van der Waals surface area contributed by atoms with Gasteiger partial charge in [-0.05, 0) is 75.4 Å². The van der Waals surface area contributed by atoms with Gasteiger partial charge in [-0.15, -0.1) is 0 Å². The lowest BCUT2D eigenvalue weighted by molar-refractivity contribution is -0.167. The summed E-state index contributed by atoms with van der Waals surface area (Å²) in [6.07, 6.45) is 1.84. The van der Waals surface area contributed by atoms with E-state index >= 15 is 0 Å². The Bertz CT molecular complexity index is 1030. The summed E-state index contributed by atoms with van der Waals surface area (Å²) in [4.78, 5) is 13.2. The molecular formula is C26H35BrO7S. The fraction of sp³-hybridized carbons (Fsp3) is 0.500. The third-order valence-corrected chi connectivity index (χ3v) is 6.26. The molecule has 0 aromatic heterocycles. The van der Waals surface area contributed by atoms with Gasteiger partial charge in [0.1, 0.15) is 11.4 Å². The predicted octanol–water partition coefficient (Wildman–Crippen LogP) is 5.30. The van der Waals surface area contributed by atoms with Crippen molar-refractivity contribution in [1.29, 1.82) is 0 Å². The van der Waals surface area contributed by atoms with E-state index in [1.165, 1.54) is 0 Å². The first-order valence-corrected chi connectivity index (χ1v) is 14.0. The maximum absolute atomic E-state index is 13.2. The zero-order chi connectivity index (χ0) is 26.1. The van der Waals surface area contributed by atoms with Crippen LogP contribution in [0.1, 0.15) is 44.7 Å². The average molecular weight is 572 g/mol. The number of hydrogen-bond donors (Lipinski definition) is 0. The second-order valence-corrected chi connectivity index (χ2v) is 11.9. The molecule has 0 bridgehead atoms. The van der Waals surface area contributed by atoms with E-state index in [0.717, 1.165) is 27.6 Å². The Morgan fingerprint density at radius 1 is 0.971 bits per heavy atom. The summed E-state index contributed by atoms with van der Waals surface area (Å²) < 4.78 is 46.1. The summed E-state index contributed by atoms with van der Waals surface area (Å²) in [5.41, 5.74) is 1.33. The molecule has 0 saturated carbocycles. The van der Waals surface area contributed by atoms with Crippen molar-refractivity contribution in [3.05, 3.63) is 64.1 Å². The molecule has 0 heterocycles. The molecule has 2 unspecified atom stereocenters. The lowest BCUT2D eigenvalue weighted by Crippen LogP contribution is -2.37. The normalized spacial score (nSPS) is 13.8. The lowest BCUT2D eigenvalue weighted by atomic mass is 9.93. The third-order valence-electron chi connectivity index (χ3n) is 5.14. The van der Waals surface area contributed by atoms with Crippen molar-refractivity contribution in [2.24, 2.45) is 5.92 Å². The summed E-state index contributed by atoms with van der Waals surface area (Å²) in [5, 5.41) is 0. The Labute approximate surface area is 217 Å². The molecule has 7 nitrogen and oxygen atoms in total. The van der Waals surface area contributed by atoms with Gasteiger partial charge >= 0.3 is 5.97 Å². The van der Waals surface area contributed by atoms with Crippen molar-refractivity contribution in [3.63, 3.8) is 0 Å². The van der Waals surface area contributed by atoms with Crippen LogP contribution in [-0.4, -0.2) is 46.1 Å². The molecule has 0 amide bonds. The van der Waals surface area contributed by atoms with E-state index < -0.39 is 33.7 Å². The maximum atomic E-state index is 13.2. The van der Waals surface area contributed by atoms with E-state index in [2.05, 4.69) is 15.9 Å². The number of carbonyl (C=O) groups is 1. The highest BCUT2D eigenvalue weighted by molar-refractivity contribution is 9.10. The van der Waals surface area contributed by atoms with Crippen LogP contribution in [-0.2, 0) is 41.6 Å². The van der Waals surface area contributed by atoms with Crippen molar-refractivity contribution in [1.82, 2.24) is 0 Å². The molecule has 2 aromatic carbocycles. The SMILES string of the molecule is COc1ccc(COC(CCc2ccc(Br)cc2)C(CCOS(C)(=O)=O)C(=O)OC(C)(C)C)cc1. The third kappa shape index (κ3) is 11.6. The first-order valence-electron chi connectivity index (χ1n) is 11.4. The molecular weight excluding hydrogens is 536 g/mol. The molecule has 194 valence electrons. The van der Waals surface area contributed by atoms with Gasteiger partial charge in [0.05, 0.1) is 38.6 Å². The molecule has 0 aliphatic rings. The van der Waals surface area contributed by atoms with Gasteiger partial charge in [0.25, 0.3) is 10.1 Å². The Hall–Kier alpha value is -1.94. The number of methoxy groups -OCH3 is 1. The Balaban J connectivity index is 2.24. The smallest absolute Gasteiger partial charge is 0.312 e. The predicted molar refractivity (Wildman–Crippen MR) is 139 cm³/mol. The number of ether oxygens (including phenoxy) is 3. The molecule has 0 saturated heterocycles. The Morgan fingerprint density at radius 2 is 1.57 bits per heavy atom. The second kappa shape index (κ2) is 13.4. The van der Waals surface area contributed by atoms with Crippen LogP contribution in [0.2, 0.25) is 0 Å². The zero-order valence-corrected chi connectivity index (χ0v) is 23.4. The van der Waals surface area contributed by atoms with E-state index in [0.29, 0.717) is 12.8 Å². The van der Waals surface area contributed by atoms with E-state index in [1.54, 1.807) is 27.9 Å². The maximum Gasteiger partial charge on any atom is 0.312 e. The minimum atomic E-state index is -3.64. The standard InChI is InChI=1S/C26H35BrO7S/c1-26(2,3)34-25(28)23(16-17-33-35(5,29)30)24(15-10-19-6-11-21(27)12-7-19)32-18-20-8-13-22(31-4)14-9-20/h6-9,11-14,23-24H,10,15-18H2,1-5H3. The number of rotatable bonds is 13. The van der Waals surface area contributed by atoms with Crippen LogP contribution in [0.3, 0.4) is 0 Å². The lowest BCUT2D eigenvalue weighted by Gasteiger charge is -2.29. The van der Waals surface area contributed by atoms with Gasteiger partial charge in [0.15, 0.2) is 0 Å². The fourth-order valence-electron chi connectivity index (χ4n) is 3.45. The van der Waals surface area contributed by atoms with Crippen molar-refractivity contribution >= 4 is 32.0 Å². The number of esters is 1. The molecule has 0 spiro atoms. The average Bonchev–Trinajstić information content (AvgIpc) is 2.77. The molecule has 0 aliphatic carbocycles. The summed E-state index contributed by atoms with van der Waals surface area (Å²) in [6, 6.07) is 15.5. The van der Waals surface area contributed by atoms with Gasteiger partial charge in [-0.1, -0.05) is 40.2 Å². The topological polar surface area (TPSA) is 88.1 Å². The zero-order valence-electron chi connectivity index (χ0n) is 21.0. The van der Waals surface area contributed by atoms with Crippen LogP contribution < -0.4 is 4.74 Å². The van der Waals surface area contributed by atoms with Gasteiger partial charge in [-0.3, -0.25) is 8.98 Å². The molecule has 0 radical (unpaired) electrons. The van der Waals surface area contributed by atoms with E-state index in [-0.39, 0.29) is 19.6 Å². The van der Waals surface area contributed by atoms with Crippen LogP contribution in [0.25, 0.3) is 0 Å². The van der Waals surface area contributed by atoms with E-state index in [4.69, 9.17) is 18.4 Å². The van der Waals surface area contributed by atoms with Crippen LogP contribution in [0, 0.1) is 5.92 Å². The largest absolute Gasteiger partial charge is 0.497 e. The molecule has 9 heteroatoms. The summed E-state index contributed by atoms with van der Waals surface area (Å²) in [6.45, 7) is 5.53. The Kier molecular flexibility index (Phi) is 11.2. The molecule has 0 N–H and O–H groups in total. The first kappa shape index (κ1) is 29.3. The highest BCUT2D eigenvalue weighted by atomic mass is 79.9. The minimum Gasteiger partial charge on any atom is -0.497 e. The first-order chi connectivity index (χ1) is 16.4. The van der Waals surface area contributed by atoms with Crippen LogP contribution in [0.4, 0.5) is 0 Å². The van der Waals surface area contributed by atoms with E-state index in [9.17, 15) is 13.2 Å². The number of benzene rings is 2. The second-order valence-electron chi connectivity index (χ2n) is 9.32. The molecule has 2 atom stereocenters. The minimum absolute atomic E-state index is 0.135. The summed E-state index contributed by atoms with van der Waals surface area (Å²) in [5.74, 6) is -0.403. The highest BCUT2D eigenvalue weighted by Crippen LogP contribution is 2.25. The van der Waals surface area contributed by atoms with Crippen LogP contribution in [0.15, 0.2) is 53.0 Å². The number of halogens is 1. The summed E-state index contributed by atoms with van der Waals surface area (Å²) >= 11 is 3.44.